The molecule has 0 radical (unpaired) electrons. The van der Waals surface area contributed by atoms with Gasteiger partial charge in [0.25, 0.3) is 5.69 Å². The van der Waals surface area contributed by atoms with Crippen molar-refractivity contribution in [2.45, 2.75) is 25.1 Å². The maximum atomic E-state index is 12.3. The van der Waals surface area contributed by atoms with E-state index in [0.29, 0.717) is 21.5 Å². The number of hydrogen-bond acceptors (Lipinski definition) is 8. The number of tetrazole rings is 1. The first-order valence-corrected chi connectivity index (χ1v) is 10.6. The number of nitrogens with zero attached hydrogens (tertiary/aromatic N) is 5. The van der Waals surface area contributed by atoms with Gasteiger partial charge in [0.1, 0.15) is 11.4 Å². The molecule has 10 nitrogen and oxygen atoms in total. The Morgan fingerprint density at radius 1 is 1.29 bits per heavy atom. The van der Waals surface area contributed by atoms with E-state index in [1.807, 2.05) is 13.8 Å². The van der Waals surface area contributed by atoms with Crippen LogP contribution in [0.2, 0.25) is 10.0 Å². The lowest BCUT2D eigenvalue weighted by molar-refractivity contribution is -0.383. The molecule has 0 fully saturated rings. The van der Waals surface area contributed by atoms with Crippen molar-refractivity contribution >= 4 is 52.2 Å². The fourth-order valence-electron chi connectivity index (χ4n) is 2.50. The number of thioether (sulfide) groups is 1. The van der Waals surface area contributed by atoms with Crippen LogP contribution in [0.5, 0.6) is 5.75 Å². The van der Waals surface area contributed by atoms with E-state index < -0.39 is 10.8 Å². The average Bonchev–Trinajstić information content (AvgIpc) is 3.16. The molecule has 2 aromatic carbocycles. The van der Waals surface area contributed by atoms with E-state index in [2.05, 4.69) is 20.8 Å². The first kappa shape index (κ1) is 22.8. The van der Waals surface area contributed by atoms with Gasteiger partial charge in [-0.15, -0.1) is 5.10 Å². The van der Waals surface area contributed by atoms with Crippen LogP contribution in [-0.2, 0) is 4.79 Å². The maximum Gasteiger partial charge on any atom is 0.292 e. The van der Waals surface area contributed by atoms with Crippen molar-refractivity contribution in [2.75, 3.05) is 11.1 Å². The number of halogens is 2. The minimum absolute atomic E-state index is 0.0903. The predicted molar refractivity (Wildman–Crippen MR) is 117 cm³/mol. The Morgan fingerprint density at radius 2 is 2.03 bits per heavy atom. The Balaban J connectivity index is 1.76. The summed E-state index contributed by atoms with van der Waals surface area (Å²) in [5.41, 5.74) is 0.332. The molecule has 0 unspecified atom stereocenters. The number of carbonyl (C=O) groups is 1. The molecule has 31 heavy (non-hydrogen) atoms. The molecule has 13 heteroatoms. The lowest BCUT2D eigenvalue weighted by Crippen LogP contribution is -2.15. The Morgan fingerprint density at radius 3 is 2.74 bits per heavy atom. The summed E-state index contributed by atoms with van der Waals surface area (Å²) in [5, 5.41) is 26.0. The highest BCUT2D eigenvalue weighted by atomic mass is 35.5. The number of anilines is 1. The van der Waals surface area contributed by atoms with Crippen molar-refractivity contribution in [3.05, 3.63) is 56.6 Å². The molecule has 0 atom stereocenters. The summed E-state index contributed by atoms with van der Waals surface area (Å²) >= 11 is 13.5. The number of hydrogen-bond donors (Lipinski definition) is 1. The Bertz CT molecular complexity index is 1120. The molecule has 0 aliphatic carbocycles. The molecule has 1 aromatic heterocycles. The summed E-state index contributed by atoms with van der Waals surface area (Å²) in [6, 6.07) is 9.00. The van der Waals surface area contributed by atoms with Gasteiger partial charge in [0.15, 0.2) is 0 Å². The number of ether oxygens (including phenoxy) is 1. The second-order valence-corrected chi connectivity index (χ2v) is 8.14. The smallest absolute Gasteiger partial charge is 0.292 e. The van der Waals surface area contributed by atoms with Crippen molar-refractivity contribution in [3.63, 3.8) is 0 Å². The Kier molecular flexibility index (Phi) is 7.31. The summed E-state index contributed by atoms with van der Waals surface area (Å²) in [6.45, 7) is 3.72. The molecule has 162 valence electrons. The number of benzene rings is 2. The highest BCUT2D eigenvalue weighted by molar-refractivity contribution is 7.99. The molecule has 0 aliphatic heterocycles. The quantitative estimate of drug-likeness (QED) is 0.284. The minimum Gasteiger partial charge on any atom is -0.489 e. The summed E-state index contributed by atoms with van der Waals surface area (Å²) in [4.78, 5) is 22.8. The van der Waals surface area contributed by atoms with Crippen molar-refractivity contribution in [1.82, 2.24) is 20.2 Å². The van der Waals surface area contributed by atoms with Gasteiger partial charge in [0, 0.05) is 12.1 Å². The van der Waals surface area contributed by atoms with E-state index in [4.69, 9.17) is 27.9 Å². The molecule has 0 saturated heterocycles. The first-order chi connectivity index (χ1) is 14.8. The van der Waals surface area contributed by atoms with E-state index in [1.54, 1.807) is 12.1 Å². The third kappa shape index (κ3) is 5.63. The molecule has 1 heterocycles. The largest absolute Gasteiger partial charge is 0.489 e. The average molecular weight is 483 g/mol. The lowest BCUT2D eigenvalue weighted by atomic mass is 10.2. The van der Waals surface area contributed by atoms with Crippen LogP contribution < -0.4 is 10.1 Å². The SMILES string of the molecule is CC(C)Oc1cc(-n2nnnc2SCC(=O)Nc2ccccc2[N+](=O)[O-])c(Cl)cc1Cl. The molecule has 3 aromatic rings. The fourth-order valence-corrected chi connectivity index (χ4v) is 3.69. The molecular formula is C18H16Cl2N6O4S. The highest BCUT2D eigenvalue weighted by Gasteiger charge is 2.19. The first-order valence-electron chi connectivity index (χ1n) is 8.86. The Hall–Kier alpha value is -2.89. The zero-order chi connectivity index (χ0) is 22.5. The van der Waals surface area contributed by atoms with Crippen molar-refractivity contribution < 1.29 is 14.5 Å². The van der Waals surface area contributed by atoms with E-state index in [-0.39, 0.29) is 28.4 Å². The van der Waals surface area contributed by atoms with Crippen LogP contribution in [0.1, 0.15) is 13.8 Å². The molecule has 0 saturated carbocycles. The molecular weight excluding hydrogens is 467 g/mol. The molecule has 0 bridgehead atoms. The van der Waals surface area contributed by atoms with Crippen LogP contribution in [0.3, 0.4) is 0 Å². The van der Waals surface area contributed by atoms with E-state index >= 15 is 0 Å². The molecule has 0 spiro atoms. The van der Waals surface area contributed by atoms with Gasteiger partial charge in [-0.2, -0.15) is 4.68 Å². The van der Waals surface area contributed by atoms with E-state index in [9.17, 15) is 14.9 Å². The molecule has 1 N–H and O–H groups in total. The molecule has 3 rings (SSSR count). The standard InChI is InChI=1S/C18H16Cl2N6O4S/c1-10(2)30-16-8-15(11(19)7-12(16)20)25-18(22-23-24-25)31-9-17(27)21-13-5-3-4-6-14(13)26(28)29/h3-8,10H,9H2,1-2H3,(H,21,27). The van der Waals surface area contributed by atoms with Gasteiger partial charge < -0.3 is 10.1 Å². The number of nitro groups is 1. The van der Waals surface area contributed by atoms with Crippen LogP contribution in [-0.4, -0.2) is 42.9 Å². The van der Waals surface area contributed by atoms with Crippen LogP contribution >= 0.6 is 35.0 Å². The molecule has 1 amide bonds. The second-order valence-electron chi connectivity index (χ2n) is 6.39. The van der Waals surface area contributed by atoms with Crippen molar-refractivity contribution in [2.24, 2.45) is 0 Å². The number of nitro benzene ring substituents is 1. The van der Waals surface area contributed by atoms with E-state index in [1.165, 1.54) is 28.9 Å². The number of para-hydroxylation sites is 2. The van der Waals surface area contributed by atoms with Gasteiger partial charge in [-0.1, -0.05) is 47.1 Å². The zero-order valence-corrected chi connectivity index (χ0v) is 18.6. The summed E-state index contributed by atoms with van der Waals surface area (Å²) in [7, 11) is 0. The number of aromatic nitrogens is 4. The van der Waals surface area contributed by atoms with Gasteiger partial charge in [0.2, 0.25) is 11.1 Å². The topological polar surface area (TPSA) is 125 Å². The van der Waals surface area contributed by atoms with Crippen LogP contribution in [0.15, 0.2) is 41.6 Å². The third-order valence-corrected chi connectivity index (χ3v) is 5.26. The maximum absolute atomic E-state index is 12.3. The minimum atomic E-state index is -0.567. The third-order valence-electron chi connectivity index (χ3n) is 3.74. The fraction of sp³-hybridized carbons (Fsp3) is 0.222. The summed E-state index contributed by atoms with van der Waals surface area (Å²) in [5.74, 6) is -0.135. The van der Waals surface area contributed by atoms with E-state index in [0.717, 1.165) is 11.8 Å². The normalized spacial score (nSPS) is 10.9. The highest BCUT2D eigenvalue weighted by Crippen LogP contribution is 2.35. The lowest BCUT2D eigenvalue weighted by Gasteiger charge is -2.14. The number of amides is 1. The summed E-state index contributed by atoms with van der Waals surface area (Å²) in [6.07, 6.45) is -0.111. The number of rotatable bonds is 8. The van der Waals surface area contributed by atoms with Crippen molar-refractivity contribution in [1.29, 1.82) is 0 Å². The van der Waals surface area contributed by atoms with Gasteiger partial charge in [-0.25, -0.2) is 0 Å². The second kappa shape index (κ2) is 9.94. The predicted octanol–water partition coefficient (Wildman–Crippen LogP) is 4.40. The monoisotopic (exact) mass is 482 g/mol. The van der Waals surface area contributed by atoms with Gasteiger partial charge in [-0.05, 0) is 36.4 Å². The van der Waals surface area contributed by atoms with Crippen LogP contribution in [0.4, 0.5) is 11.4 Å². The van der Waals surface area contributed by atoms with Crippen LogP contribution in [0.25, 0.3) is 5.69 Å². The van der Waals surface area contributed by atoms with Crippen LogP contribution in [0, 0.1) is 10.1 Å². The van der Waals surface area contributed by atoms with Gasteiger partial charge in [0.05, 0.1) is 32.5 Å². The Labute approximate surface area is 191 Å². The van der Waals surface area contributed by atoms with Gasteiger partial charge >= 0.3 is 0 Å². The van der Waals surface area contributed by atoms with Crippen molar-refractivity contribution in [3.8, 4) is 11.4 Å². The summed E-state index contributed by atoms with van der Waals surface area (Å²) < 4.78 is 7.03. The zero-order valence-electron chi connectivity index (χ0n) is 16.3. The number of nitrogens with one attached hydrogen (secondary N) is 1. The number of carbonyl (C=O) groups excluding carboxylic acids is 1. The molecule has 0 aliphatic rings. The van der Waals surface area contributed by atoms with Gasteiger partial charge in [-0.3, -0.25) is 14.9 Å².